The fraction of sp³-hybridized carbons (Fsp3) is 0.480. The fourth-order valence-electron chi connectivity index (χ4n) is 4.44. The summed E-state index contributed by atoms with van der Waals surface area (Å²) in [6.45, 7) is 7.12. The van der Waals surface area contributed by atoms with Crippen LogP contribution in [0, 0.1) is 0 Å². The summed E-state index contributed by atoms with van der Waals surface area (Å²) in [6, 6.07) is 10.4. The summed E-state index contributed by atoms with van der Waals surface area (Å²) in [4.78, 5) is 26.4. The molecule has 2 fully saturated rings. The third-order valence-corrected chi connectivity index (χ3v) is 6.61. The van der Waals surface area contributed by atoms with Crippen molar-refractivity contribution in [3.8, 4) is 0 Å². The SMILES string of the molecule is C=CC(=O)N1CCCC(c2ccc(C(C)C(=O)Nc3cc(C4CC4)[nH]n3)cc2)CCC1. The quantitative estimate of drug-likeness (QED) is 0.665. The van der Waals surface area contributed by atoms with Crippen molar-refractivity contribution < 1.29 is 9.59 Å². The molecule has 2 aromatic rings. The third-order valence-electron chi connectivity index (χ3n) is 6.61. The molecular weight excluding hydrogens is 388 g/mol. The Bertz CT molecular complexity index is 919. The predicted octanol–water partition coefficient (Wildman–Crippen LogP) is 4.70. The van der Waals surface area contributed by atoms with Crippen LogP contribution in [0.15, 0.2) is 43.0 Å². The maximum Gasteiger partial charge on any atom is 0.245 e. The number of aromatic nitrogens is 2. The van der Waals surface area contributed by atoms with Crippen molar-refractivity contribution in [3.63, 3.8) is 0 Å². The zero-order valence-corrected chi connectivity index (χ0v) is 18.3. The van der Waals surface area contributed by atoms with Crippen LogP contribution in [-0.2, 0) is 9.59 Å². The Kier molecular flexibility index (Phi) is 6.54. The lowest BCUT2D eigenvalue weighted by molar-refractivity contribution is -0.126. The Labute approximate surface area is 184 Å². The molecule has 1 saturated heterocycles. The second-order valence-electron chi connectivity index (χ2n) is 8.87. The lowest BCUT2D eigenvalue weighted by atomic mass is 9.87. The van der Waals surface area contributed by atoms with Gasteiger partial charge in [0.25, 0.3) is 0 Å². The lowest BCUT2D eigenvalue weighted by Gasteiger charge is -2.27. The van der Waals surface area contributed by atoms with Crippen molar-refractivity contribution in [1.82, 2.24) is 15.1 Å². The maximum atomic E-state index is 12.7. The van der Waals surface area contributed by atoms with E-state index in [4.69, 9.17) is 0 Å². The van der Waals surface area contributed by atoms with E-state index in [-0.39, 0.29) is 17.7 Å². The van der Waals surface area contributed by atoms with Crippen molar-refractivity contribution in [1.29, 1.82) is 0 Å². The van der Waals surface area contributed by atoms with Crippen LogP contribution in [0.25, 0.3) is 0 Å². The fourth-order valence-corrected chi connectivity index (χ4v) is 4.44. The highest BCUT2D eigenvalue weighted by atomic mass is 16.2. The van der Waals surface area contributed by atoms with E-state index in [9.17, 15) is 9.59 Å². The Balaban J connectivity index is 1.33. The van der Waals surface area contributed by atoms with E-state index in [1.165, 1.54) is 24.5 Å². The number of nitrogens with zero attached hydrogens (tertiary/aromatic N) is 2. The first-order chi connectivity index (χ1) is 15.0. The number of anilines is 1. The number of aromatic amines is 1. The van der Waals surface area contributed by atoms with E-state index >= 15 is 0 Å². The van der Waals surface area contributed by atoms with Crippen LogP contribution in [0.3, 0.4) is 0 Å². The Hall–Kier alpha value is -2.89. The molecule has 0 spiro atoms. The van der Waals surface area contributed by atoms with Gasteiger partial charge >= 0.3 is 0 Å². The van der Waals surface area contributed by atoms with Crippen LogP contribution in [0.2, 0.25) is 0 Å². The molecule has 1 aromatic carbocycles. The van der Waals surface area contributed by atoms with Gasteiger partial charge in [-0.25, -0.2) is 0 Å². The second-order valence-corrected chi connectivity index (χ2v) is 8.87. The lowest BCUT2D eigenvalue weighted by Crippen LogP contribution is -2.33. The van der Waals surface area contributed by atoms with Gasteiger partial charge in [-0.2, -0.15) is 5.10 Å². The van der Waals surface area contributed by atoms with E-state index < -0.39 is 0 Å². The van der Waals surface area contributed by atoms with Crippen LogP contribution in [0.1, 0.15) is 80.0 Å². The van der Waals surface area contributed by atoms with Gasteiger partial charge in [0, 0.05) is 30.8 Å². The van der Waals surface area contributed by atoms with Gasteiger partial charge in [-0.15, -0.1) is 0 Å². The van der Waals surface area contributed by atoms with Gasteiger partial charge in [0.2, 0.25) is 11.8 Å². The first kappa shape index (κ1) is 21.3. The smallest absolute Gasteiger partial charge is 0.245 e. The predicted molar refractivity (Wildman–Crippen MR) is 122 cm³/mol. The average Bonchev–Trinajstić information content (AvgIpc) is 3.52. The van der Waals surface area contributed by atoms with Crippen molar-refractivity contribution in [2.75, 3.05) is 18.4 Å². The zero-order valence-electron chi connectivity index (χ0n) is 18.3. The molecule has 4 rings (SSSR count). The van der Waals surface area contributed by atoms with Crippen LogP contribution in [0.4, 0.5) is 5.82 Å². The van der Waals surface area contributed by atoms with Gasteiger partial charge in [-0.3, -0.25) is 14.7 Å². The molecule has 31 heavy (non-hydrogen) atoms. The van der Waals surface area contributed by atoms with Crippen LogP contribution in [0.5, 0.6) is 0 Å². The molecule has 1 aliphatic heterocycles. The molecule has 2 N–H and O–H groups in total. The number of nitrogens with one attached hydrogen (secondary N) is 2. The van der Waals surface area contributed by atoms with Crippen molar-refractivity contribution >= 4 is 17.6 Å². The van der Waals surface area contributed by atoms with E-state index in [0.717, 1.165) is 50.0 Å². The minimum atomic E-state index is -0.245. The normalized spacial score (nSPS) is 18.7. The Morgan fingerprint density at radius 3 is 2.42 bits per heavy atom. The van der Waals surface area contributed by atoms with Gasteiger partial charge in [0.05, 0.1) is 5.92 Å². The highest BCUT2D eigenvalue weighted by molar-refractivity contribution is 5.94. The van der Waals surface area contributed by atoms with Crippen molar-refractivity contribution in [3.05, 3.63) is 59.8 Å². The summed E-state index contributed by atoms with van der Waals surface area (Å²) in [5.74, 6) is 1.44. The van der Waals surface area contributed by atoms with Crippen molar-refractivity contribution in [2.24, 2.45) is 0 Å². The third kappa shape index (κ3) is 5.24. The van der Waals surface area contributed by atoms with Gasteiger partial charge in [0.15, 0.2) is 5.82 Å². The number of hydrogen-bond donors (Lipinski definition) is 2. The average molecular weight is 421 g/mol. The maximum absolute atomic E-state index is 12.7. The first-order valence-corrected chi connectivity index (χ1v) is 11.4. The Morgan fingerprint density at radius 1 is 1.13 bits per heavy atom. The molecule has 1 atom stereocenters. The zero-order chi connectivity index (χ0) is 21.8. The molecular formula is C25H32N4O2. The van der Waals surface area contributed by atoms with Gasteiger partial charge in [-0.05, 0) is 68.6 Å². The van der Waals surface area contributed by atoms with Gasteiger partial charge in [0.1, 0.15) is 0 Å². The monoisotopic (exact) mass is 420 g/mol. The summed E-state index contributed by atoms with van der Waals surface area (Å²) < 4.78 is 0. The highest BCUT2D eigenvalue weighted by Gasteiger charge is 2.26. The van der Waals surface area contributed by atoms with Gasteiger partial charge < -0.3 is 10.2 Å². The molecule has 1 saturated carbocycles. The standard InChI is InChI=1S/C25H32N4O2/c1-3-24(30)29-14-4-6-19(7-5-15-29)20-10-8-18(9-11-20)17(2)25(31)26-23-16-22(27-28-23)21-12-13-21/h3,8-11,16-17,19,21H,1,4-7,12-15H2,2H3,(H2,26,27,28,31). The second kappa shape index (κ2) is 9.50. The number of H-pyrrole nitrogens is 1. The summed E-state index contributed by atoms with van der Waals surface area (Å²) in [5.41, 5.74) is 3.44. The van der Waals surface area contributed by atoms with Crippen LogP contribution >= 0.6 is 0 Å². The number of likely N-dealkylation sites (tertiary alicyclic amines) is 1. The largest absolute Gasteiger partial charge is 0.339 e. The summed E-state index contributed by atoms with van der Waals surface area (Å²) >= 11 is 0. The summed E-state index contributed by atoms with van der Waals surface area (Å²) in [7, 11) is 0. The molecule has 2 amide bonds. The van der Waals surface area contributed by atoms with E-state index in [0.29, 0.717) is 17.7 Å². The molecule has 1 aromatic heterocycles. The molecule has 2 aliphatic rings. The van der Waals surface area contributed by atoms with E-state index in [1.54, 1.807) is 0 Å². The number of rotatable bonds is 6. The topological polar surface area (TPSA) is 78.1 Å². The molecule has 1 unspecified atom stereocenters. The number of hydrogen-bond acceptors (Lipinski definition) is 3. The minimum Gasteiger partial charge on any atom is -0.339 e. The summed E-state index contributed by atoms with van der Waals surface area (Å²) in [6.07, 6.45) is 7.94. The number of carbonyl (C=O) groups is 2. The molecule has 6 heteroatoms. The molecule has 0 radical (unpaired) electrons. The molecule has 164 valence electrons. The summed E-state index contributed by atoms with van der Waals surface area (Å²) in [5, 5.41) is 10.2. The highest BCUT2D eigenvalue weighted by Crippen LogP contribution is 2.39. The first-order valence-electron chi connectivity index (χ1n) is 11.4. The Morgan fingerprint density at radius 2 is 1.81 bits per heavy atom. The molecule has 1 aliphatic carbocycles. The van der Waals surface area contributed by atoms with Crippen molar-refractivity contribution in [2.45, 2.75) is 63.2 Å². The number of carbonyl (C=O) groups excluding carboxylic acids is 2. The number of benzene rings is 1. The molecule has 2 heterocycles. The van der Waals surface area contributed by atoms with E-state index in [1.807, 2.05) is 17.9 Å². The van der Waals surface area contributed by atoms with E-state index in [2.05, 4.69) is 46.4 Å². The molecule has 6 nitrogen and oxygen atoms in total. The molecule has 0 bridgehead atoms. The number of amides is 2. The van der Waals surface area contributed by atoms with Crippen LogP contribution < -0.4 is 5.32 Å². The van der Waals surface area contributed by atoms with Gasteiger partial charge in [-0.1, -0.05) is 30.8 Å². The minimum absolute atomic E-state index is 0.0358. The van der Waals surface area contributed by atoms with Crippen LogP contribution in [-0.4, -0.2) is 40.0 Å².